The van der Waals surface area contributed by atoms with Crippen molar-refractivity contribution in [2.45, 2.75) is 13.5 Å². The standard InChI is InChI=1S/C13H13ClFN3OS/c1-8-16-10(7-20-8)6-18(2)13(19)17-9-3-4-11(14)12(15)5-9/h3-5,7H,6H2,1-2H3,(H,17,19). The fraction of sp³-hybridized carbons (Fsp3) is 0.231. The van der Waals surface area contributed by atoms with Crippen molar-refractivity contribution in [2.75, 3.05) is 12.4 Å². The smallest absolute Gasteiger partial charge is 0.321 e. The van der Waals surface area contributed by atoms with Crippen LogP contribution in [0.15, 0.2) is 23.6 Å². The first-order chi connectivity index (χ1) is 9.45. The second kappa shape index (κ2) is 6.19. The minimum Gasteiger partial charge on any atom is -0.322 e. The van der Waals surface area contributed by atoms with E-state index in [9.17, 15) is 9.18 Å². The minimum absolute atomic E-state index is 0.0225. The van der Waals surface area contributed by atoms with Crippen LogP contribution < -0.4 is 5.32 Å². The Bertz CT molecular complexity index is 632. The predicted octanol–water partition coefficient (Wildman–Crippen LogP) is 3.91. The largest absolute Gasteiger partial charge is 0.322 e. The molecule has 20 heavy (non-hydrogen) atoms. The van der Waals surface area contributed by atoms with Gasteiger partial charge in [0.15, 0.2) is 0 Å². The Morgan fingerprint density at radius 2 is 2.30 bits per heavy atom. The molecule has 0 radical (unpaired) electrons. The van der Waals surface area contributed by atoms with E-state index in [1.165, 1.54) is 28.4 Å². The third kappa shape index (κ3) is 3.68. The lowest BCUT2D eigenvalue weighted by Crippen LogP contribution is -2.31. The van der Waals surface area contributed by atoms with Crippen LogP contribution in [0.2, 0.25) is 5.02 Å². The number of nitrogens with zero attached hydrogens (tertiary/aromatic N) is 2. The van der Waals surface area contributed by atoms with E-state index in [2.05, 4.69) is 10.3 Å². The molecule has 0 fully saturated rings. The summed E-state index contributed by atoms with van der Waals surface area (Å²) in [7, 11) is 1.65. The lowest BCUT2D eigenvalue weighted by atomic mass is 10.3. The molecule has 4 nitrogen and oxygen atoms in total. The molecule has 2 rings (SSSR count). The van der Waals surface area contributed by atoms with Crippen molar-refractivity contribution in [3.63, 3.8) is 0 Å². The summed E-state index contributed by atoms with van der Waals surface area (Å²) in [4.78, 5) is 17.7. The summed E-state index contributed by atoms with van der Waals surface area (Å²) < 4.78 is 13.3. The predicted molar refractivity (Wildman–Crippen MR) is 78.7 cm³/mol. The van der Waals surface area contributed by atoms with Gasteiger partial charge in [-0.2, -0.15) is 0 Å². The van der Waals surface area contributed by atoms with Crippen molar-refractivity contribution in [3.05, 3.63) is 45.1 Å². The quantitative estimate of drug-likeness (QED) is 0.933. The van der Waals surface area contributed by atoms with Crippen molar-refractivity contribution in [3.8, 4) is 0 Å². The number of aryl methyl sites for hydroxylation is 1. The molecule has 2 amide bonds. The van der Waals surface area contributed by atoms with Crippen LogP contribution in [0.25, 0.3) is 0 Å². The Morgan fingerprint density at radius 3 is 2.90 bits per heavy atom. The van der Waals surface area contributed by atoms with Gasteiger partial charge in [0.05, 0.1) is 22.3 Å². The van der Waals surface area contributed by atoms with E-state index >= 15 is 0 Å². The number of carbonyl (C=O) groups is 1. The van der Waals surface area contributed by atoms with Crippen LogP contribution in [0.4, 0.5) is 14.9 Å². The first-order valence-electron chi connectivity index (χ1n) is 5.84. The number of rotatable bonds is 3. The number of anilines is 1. The van der Waals surface area contributed by atoms with E-state index in [0.717, 1.165) is 10.7 Å². The summed E-state index contributed by atoms with van der Waals surface area (Å²) in [6, 6.07) is 3.79. The average molecular weight is 314 g/mol. The number of thiazole rings is 1. The minimum atomic E-state index is -0.567. The number of nitrogens with one attached hydrogen (secondary N) is 1. The van der Waals surface area contributed by atoms with Crippen LogP contribution in [0.1, 0.15) is 10.7 Å². The third-order valence-corrected chi connectivity index (χ3v) is 3.71. The number of aromatic nitrogens is 1. The molecule has 0 aliphatic carbocycles. The highest BCUT2D eigenvalue weighted by atomic mass is 35.5. The lowest BCUT2D eigenvalue weighted by molar-refractivity contribution is 0.220. The SMILES string of the molecule is Cc1nc(CN(C)C(=O)Nc2ccc(Cl)c(F)c2)cs1. The molecule has 106 valence electrons. The highest BCUT2D eigenvalue weighted by Gasteiger charge is 2.12. The summed E-state index contributed by atoms with van der Waals surface area (Å²) in [6.07, 6.45) is 0. The first kappa shape index (κ1) is 14.7. The molecule has 0 atom stereocenters. The van der Waals surface area contributed by atoms with Crippen molar-refractivity contribution in [2.24, 2.45) is 0 Å². The number of amides is 2. The van der Waals surface area contributed by atoms with Crippen molar-refractivity contribution >= 4 is 34.7 Å². The first-order valence-corrected chi connectivity index (χ1v) is 7.09. The molecule has 2 aromatic rings. The Hall–Kier alpha value is -1.66. The molecule has 0 bridgehead atoms. The van der Waals surface area contributed by atoms with Gasteiger partial charge in [-0.3, -0.25) is 0 Å². The second-order valence-electron chi connectivity index (χ2n) is 4.27. The van der Waals surface area contributed by atoms with Crippen molar-refractivity contribution in [1.82, 2.24) is 9.88 Å². The van der Waals surface area contributed by atoms with Gasteiger partial charge in [0.25, 0.3) is 0 Å². The molecule has 1 N–H and O–H groups in total. The lowest BCUT2D eigenvalue weighted by Gasteiger charge is -2.17. The van der Waals surface area contributed by atoms with Gasteiger partial charge in [0.2, 0.25) is 0 Å². The average Bonchev–Trinajstić information content (AvgIpc) is 2.79. The van der Waals surface area contributed by atoms with Gasteiger partial charge < -0.3 is 10.2 Å². The fourth-order valence-electron chi connectivity index (χ4n) is 1.59. The van der Waals surface area contributed by atoms with E-state index in [0.29, 0.717) is 12.2 Å². The molecule has 0 aliphatic heterocycles. The van der Waals surface area contributed by atoms with E-state index in [1.807, 2.05) is 12.3 Å². The molecular weight excluding hydrogens is 301 g/mol. The monoisotopic (exact) mass is 313 g/mol. The van der Waals surface area contributed by atoms with Crippen molar-refractivity contribution in [1.29, 1.82) is 0 Å². The highest BCUT2D eigenvalue weighted by Crippen LogP contribution is 2.19. The second-order valence-corrected chi connectivity index (χ2v) is 5.74. The zero-order chi connectivity index (χ0) is 14.7. The van der Waals surface area contributed by atoms with Crippen LogP contribution in [0.3, 0.4) is 0 Å². The van der Waals surface area contributed by atoms with E-state index in [1.54, 1.807) is 13.1 Å². The molecule has 1 heterocycles. The molecule has 1 aromatic carbocycles. The summed E-state index contributed by atoms with van der Waals surface area (Å²) in [6.45, 7) is 2.30. The van der Waals surface area contributed by atoms with Gasteiger partial charge in [-0.15, -0.1) is 11.3 Å². The fourth-order valence-corrected chi connectivity index (χ4v) is 2.31. The Balaban J connectivity index is 1.98. The number of benzene rings is 1. The maximum Gasteiger partial charge on any atom is 0.321 e. The van der Waals surface area contributed by atoms with Crippen LogP contribution in [-0.4, -0.2) is 23.0 Å². The van der Waals surface area contributed by atoms with Gasteiger partial charge in [0.1, 0.15) is 5.82 Å². The van der Waals surface area contributed by atoms with E-state index in [-0.39, 0.29) is 11.1 Å². The van der Waals surface area contributed by atoms with Crippen molar-refractivity contribution < 1.29 is 9.18 Å². The molecule has 7 heteroatoms. The number of carbonyl (C=O) groups excluding carboxylic acids is 1. The summed E-state index contributed by atoms with van der Waals surface area (Å²) in [5, 5.41) is 5.48. The van der Waals surface area contributed by atoms with Crippen LogP contribution >= 0.6 is 22.9 Å². The van der Waals surface area contributed by atoms with Gasteiger partial charge in [-0.05, 0) is 25.1 Å². The van der Waals surface area contributed by atoms with Crippen LogP contribution in [0, 0.1) is 12.7 Å². The van der Waals surface area contributed by atoms with Gasteiger partial charge in [-0.25, -0.2) is 14.2 Å². The summed E-state index contributed by atoms with van der Waals surface area (Å²) in [5.41, 5.74) is 1.19. The van der Waals surface area contributed by atoms with Gasteiger partial charge >= 0.3 is 6.03 Å². The van der Waals surface area contributed by atoms with E-state index < -0.39 is 5.82 Å². The molecule has 0 aliphatic rings. The molecule has 0 spiro atoms. The maximum atomic E-state index is 13.3. The topological polar surface area (TPSA) is 45.2 Å². The third-order valence-electron chi connectivity index (χ3n) is 2.58. The van der Waals surface area contributed by atoms with Gasteiger partial charge in [-0.1, -0.05) is 11.6 Å². The number of hydrogen-bond acceptors (Lipinski definition) is 3. The molecule has 0 saturated heterocycles. The number of urea groups is 1. The normalized spacial score (nSPS) is 10.4. The Morgan fingerprint density at radius 1 is 1.55 bits per heavy atom. The molecule has 0 unspecified atom stereocenters. The Kier molecular flexibility index (Phi) is 4.57. The zero-order valence-corrected chi connectivity index (χ0v) is 12.6. The summed E-state index contributed by atoms with van der Waals surface area (Å²) in [5.74, 6) is -0.567. The van der Waals surface area contributed by atoms with E-state index in [4.69, 9.17) is 11.6 Å². The molecular formula is C13H13ClFN3OS. The zero-order valence-electron chi connectivity index (χ0n) is 11.0. The number of halogens is 2. The molecule has 0 saturated carbocycles. The number of hydrogen-bond donors (Lipinski definition) is 1. The van der Waals surface area contributed by atoms with Crippen LogP contribution in [-0.2, 0) is 6.54 Å². The van der Waals surface area contributed by atoms with Crippen LogP contribution in [0.5, 0.6) is 0 Å². The summed E-state index contributed by atoms with van der Waals surface area (Å²) >= 11 is 7.12. The molecule has 1 aromatic heterocycles. The maximum absolute atomic E-state index is 13.3. The van der Waals surface area contributed by atoms with Gasteiger partial charge in [0, 0.05) is 18.1 Å². The highest BCUT2D eigenvalue weighted by molar-refractivity contribution is 7.09. The Labute approximate surface area is 125 Å².